The second-order valence-electron chi connectivity index (χ2n) is 2.98. The van der Waals surface area contributed by atoms with E-state index in [1.807, 2.05) is 6.92 Å². The van der Waals surface area contributed by atoms with Gasteiger partial charge < -0.3 is 4.74 Å². The van der Waals surface area contributed by atoms with E-state index in [0.29, 0.717) is 29.8 Å². The van der Waals surface area contributed by atoms with Gasteiger partial charge in [-0.25, -0.2) is 0 Å². The number of rotatable bonds is 4. The van der Waals surface area contributed by atoms with Crippen molar-refractivity contribution in [3.63, 3.8) is 0 Å². The molecule has 0 spiro atoms. The number of benzene rings is 1. The van der Waals surface area contributed by atoms with Gasteiger partial charge in [0.2, 0.25) is 0 Å². The van der Waals surface area contributed by atoms with Crippen molar-refractivity contribution >= 4 is 34.7 Å². The van der Waals surface area contributed by atoms with Crippen molar-refractivity contribution in [3.05, 3.63) is 26.8 Å². The third-order valence-electron chi connectivity index (χ3n) is 1.91. The van der Waals surface area contributed by atoms with E-state index in [4.69, 9.17) is 4.74 Å². The molecule has 15 heavy (non-hydrogen) atoms. The van der Waals surface area contributed by atoms with E-state index in [2.05, 4.69) is 22.6 Å². The van der Waals surface area contributed by atoms with Crippen molar-refractivity contribution in [2.75, 3.05) is 6.61 Å². The molecule has 0 saturated heterocycles. The van der Waals surface area contributed by atoms with Crippen LogP contribution in [0.3, 0.4) is 0 Å². The molecule has 1 rings (SSSR count). The van der Waals surface area contributed by atoms with Crippen LogP contribution in [0.15, 0.2) is 12.1 Å². The number of carbonyl (C=O) groups is 2. The third-order valence-corrected chi connectivity index (χ3v) is 2.80. The van der Waals surface area contributed by atoms with Crippen LogP contribution < -0.4 is 4.74 Å². The number of Topliss-reactive ketones (excluding diaryl/α,β-unsaturated/α-hetero) is 1. The molecule has 1 aromatic carbocycles. The SMILES string of the molecule is CCOc1cc(I)c(C(C)=O)cc1C=O. The van der Waals surface area contributed by atoms with Crippen molar-refractivity contribution in [1.29, 1.82) is 0 Å². The zero-order valence-electron chi connectivity index (χ0n) is 8.54. The number of ether oxygens (including phenoxy) is 1. The number of hydrogen-bond acceptors (Lipinski definition) is 3. The lowest BCUT2D eigenvalue weighted by atomic mass is 10.1. The molecule has 4 heteroatoms. The van der Waals surface area contributed by atoms with E-state index in [-0.39, 0.29) is 5.78 Å². The molecule has 0 unspecified atom stereocenters. The van der Waals surface area contributed by atoms with Crippen LogP contribution in [-0.2, 0) is 0 Å². The fourth-order valence-corrected chi connectivity index (χ4v) is 2.03. The Hall–Kier alpha value is -0.910. The van der Waals surface area contributed by atoms with Gasteiger partial charge in [-0.15, -0.1) is 0 Å². The minimum absolute atomic E-state index is 0.0504. The van der Waals surface area contributed by atoms with Crippen molar-refractivity contribution < 1.29 is 14.3 Å². The molecule has 1 aromatic rings. The zero-order valence-corrected chi connectivity index (χ0v) is 10.7. The molecule has 0 fully saturated rings. The van der Waals surface area contributed by atoms with E-state index < -0.39 is 0 Å². The van der Waals surface area contributed by atoms with Gasteiger partial charge in [-0.2, -0.15) is 0 Å². The van der Waals surface area contributed by atoms with Crippen LogP contribution in [0.4, 0.5) is 0 Å². The molecule has 0 atom stereocenters. The van der Waals surface area contributed by atoms with Gasteiger partial charge in [-0.05, 0) is 48.6 Å². The molecule has 0 aromatic heterocycles. The van der Waals surface area contributed by atoms with Crippen LogP contribution in [0.5, 0.6) is 5.75 Å². The van der Waals surface area contributed by atoms with Crippen LogP contribution in [-0.4, -0.2) is 18.7 Å². The topological polar surface area (TPSA) is 43.4 Å². The van der Waals surface area contributed by atoms with E-state index in [1.54, 1.807) is 12.1 Å². The zero-order chi connectivity index (χ0) is 11.4. The average molecular weight is 318 g/mol. The predicted octanol–water partition coefficient (Wildman–Crippen LogP) is 2.71. The maximum absolute atomic E-state index is 11.2. The fourth-order valence-electron chi connectivity index (χ4n) is 1.21. The molecule has 3 nitrogen and oxygen atoms in total. The Morgan fingerprint density at radius 3 is 2.67 bits per heavy atom. The smallest absolute Gasteiger partial charge is 0.160 e. The summed E-state index contributed by atoms with van der Waals surface area (Å²) in [7, 11) is 0. The first kappa shape index (κ1) is 12.2. The number of aldehydes is 1. The second kappa shape index (κ2) is 5.25. The number of hydrogen-bond donors (Lipinski definition) is 0. The Balaban J connectivity index is 3.28. The highest BCUT2D eigenvalue weighted by atomic mass is 127. The highest BCUT2D eigenvalue weighted by Gasteiger charge is 2.11. The summed E-state index contributed by atoms with van der Waals surface area (Å²) in [5, 5.41) is 0. The molecule has 0 heterocycles. The molecule has 0 N–H and O–H groups in total. The molecule has 0 radical (unpaired) electrons. The Bertz CT molecular complexity index is 399. The summed E-state index contributed by atoms with van der Waals surface area (Å²) >= 11 is 2.06. The standard InChI is InChI=1S/C11H11IO3/c1-3-15-11-5-10(12)9(7(2)14)4-8(11)6-13/h4-6H,3H2,1-2H3. The van der Waals surface area contributed by atoms with Crippen LogP contribution in [0, 0.1) is 3.57 Å². The van der Waals surface area contributed by atoms with E-state index in [9.17, 15) is 9.59 Å². The van der Waals surface area contributed by atoms with Crippen LogP contribution in [0.1, 0.15) is 34.6 Å². The quantitative estimate of drug-likeness (QED) is 0.487. The van der Waals surface area contributed by atoms with E-state index in [0.717, 1.165) is 3.57 Å². The van der Waals surface area contributed by atoms with Gasteiger partial charge in [0.25, 0.3) is 0 Å². The van der Waals surface area contributed by atoms with Gasteiger partial charge >= 0.3 is 0 Å². The molecular weight excluding hydrogens is 307 g/mol. The van der Waals surface area contributed by atoms with Gasteiger partial charge in [-0.3, -0.25) is 9.59 Å². The Morgan fingerprint density at radius 1 is 1.53 bits per heavy atom. The monoisotopic (exact) mass is 318 g/mol. The number of ketones is 1. The summed E-state index contributed by atoms with van der Waals surface area (Å²) in [6.45, 7) is 3.82. The van der Waals surface area contributed by atoms with Crippen LogP contribution >= 0.6 is 22.6 Å². The Morgan fingerprint density at radius 2 is 2.20 bits per heavy atom. The predicted molar refractivity (Wildman–Crippen MR) is 65.7 cm³/mol. The average Bonchev–Trinajstić information content (AvgIpc) is 2.18. The maximum atomic E-state index is 11.2. The first-order valence-corrected chi connectivity index (χ1v) is 5.60. The first-order chi connectivity index (χ1) is 7.10. The second-order valence-corrected chi connectivity index (χ2v) is 4.14. The van der Waals surface area contributed by atoms with Gasteiger partial charge in [0, 0.05) is 9.13 Å². The lowest BCUT2D eigenvalue weighted by Gasteiger charge is -2.08. The largest absolute Gasteiger partial charge is 0.493 e. The van der Waals surface area contributed by atoms with Crippen molar-refractivity contribution in [1.82, 2.24) is 0 Å². The lowest BCUT2D eigenvalue weighted by Crippen LogP contribution is -2.02. The maximum Gasteiger partial charge on any atom is 0.160 e. The summed E-state index contributed by atoms with van der Waals surface area (Å²) in [5.74, 6) is 0.479. The number of halogens is 1. The molecule has 0 bridgehead atoms. The normalized spacial score (nSPS) is 9.80. The summed E-state index contributed by atoms with van der Waals surface area (Å²) in [6, 6.07) is 3.28. The van der Waals surface area contributed by atoms with Crippen molar-refractivity contribution in [2.45, 2.75) is 13.8 Å². The Labute approximate surface area is 102 Å². The highest BCUT2D eigenvalue weighted by Crippen LogP contribution is 2.24. The molecular formula is C11H11IO3. The molecule has 0 aliphatic rings. The summed E-state index contributed by atoms with van der Waals surface area (Å²) in [5.41, 5.74) is 0.976. The fraction of sp³-hybridized carbons (Fsp3) is 0.273. The molecule has 80 valence electrons. The summed E-state index contributed by atoms with van der Waals surface area (Å²) < 4.78 is 6.10. The van der Waals surface area contributed by atoms with Gasteiger partial charge in [0.1, 0.15) is 5.75 Å². The first-order valence-electron chi connectivity index (χ1n) is 4.52. The highest BCUT2D eigenvalue weighted by molar-refractivity contribution is 14.1. The number of carbonyl (C=O) groups excluding carboxylic acids is 2. The third kappa shape index (κ3) is 2.77. The van der Waals surface area contributed by atoms with Gasteiger partial charge in [-0.1, -0.05) is 0 Å². The lowest BCUT2D eigenvalue weighted by molar-refractivity contribution is 0.101. The summed E-state index contributed by atoms with van der Waals surface area (Å²) in [6.07, 6.45) is 0.702. The summed E-state index contributed by atoms with van der Waals surface area (Å²) in [4.78, 5) is 22.0. The van der Waals surface area contributed by atoms with Crippen LogP contribution in [0.25, 0.3) is 0 Å². The molecule has 0 saturated carbocycles. The Kier molecular flexibility index (Phi) is 4.26. The van der Waals surface area contributed by atoms with Crippen molar-refractivity contribution in [3.8, 4) is 5.75 Å². The molecule has 0 aliphatic carbocycles. The molecule has 0 amide bonds. The van der Waals surface area contributed by atoms with Gasteiger partial charge in [0.15, 0.2) is 12.1 Å². The molecule has 0 aliphatic heterocycles. The van der Waals surface area contributed by atoms with E-state index in [1.165, 1.54) is 6.92 Å². The minimum atomic E-state index is -0.0504. The van der Waals surface area contributed by atoms with Crippen LogP contribution in [0.2, 0.25) is 0 Å². The minimum Gasteiger partial charge on any atom is -0.493 e. The van der Waals surface area contributed by atoms with Crippen molar-refractivity contribution in [2.24, 2.45) is 0 Å². The van der Waals surface area contributed by atoms with E-state index >= 15 is 0 Å². The van der Waals surface area contributed by atoms with Gasteiger partial charge in [0.05, 0.1) is 12.2 Å².